The van der Waals surface area contributed by atoms with E-state index in [9.17, 15) is 8.42 Å². The number of nitrogens with zero attached hydrogens (tertiary/aromatic N) is 2. The van der Waals surface area contributed by atoms with Crippen molar-refractivity contribution in [3.8, 4) is 0 Å². The fraction of sp³-hybridized carbons (Fsp3) is 0.455. The van der Waals surface area contributed by atoms with E-state index in [2.05, 4.69) is 18.8 Å². The molecule has 0 aliphatic heterocycles. The number of fused-ring (bicyclic) bond motifs is 1. The molecule has 2 N–H and O–H groups in total. The van der Waals surface area contributed by atoms with Gasteiger partial charge in [0, 0.05) is 6.54 Å². The highest BCUT2D eigenvalue weighted by molar-refractivity contribution is 7.92. The molecule has 110 valence electrons. The van der Waals surface area contributed by atoms with Crippen molar-refractivity contribution >= 4 is 50.1 Å². The quantitative estimate of drug-likeness (QED) is 0.757. The van der Waals surface area contributed by atoms with Gasteiger partial charge >= 0.3 is 0 Å². The molecule has 20 heavy (non-hydrogen) atoms. The second-order valence-electron chi connectivity index (χ2n) is 4.23. The molecule has 6 nitrogen and oxygen atoms in total. The number of halogens is 1. The molecule has 9 heteroatoms. The predicted molar refractivity (Wildman–Crippen MR) is 83.0 cm³/mol. The standard InChI is InChI=1S/C11H15ClN4O2S2/c1-2-5-13-6-7-20(17,18)16-10-8(12)3-4-9-11(10)15-19-14-9/h3-4,13,16H,2,5-7H2,1H3. The third-order valence-electron chi connectivity index (χ3n) is 2.61. The third-order valence-corrected chi connectivity index (χ3v) is 4.72. The van der Waals surface area contributed by atoms with E-state index in [1.807, 2.05) is 6.92 Å². The first kappa shape index (κ1) is 15.4. The molecule has 0 saturated heterocycles. The zero-order chi connectivity index (χ0) is 14.6. The number of benzene rings is 1. The summed E-state index contributed by atoms with van der Waals surface area (Å²) in [4.78, 5) is 0. The van der Waals surface area contributed by atoms with Crippen LogP contribution in [-0.2, 0) is 10.0 Å². The van der Waals surface area contributed by atoms with Crippen molar-refractivity contribution in [3.63, 3.8) is 0 Å². The second kappa shape index (κ2) is 6.66. The van der Waals surface area contributed by atoms with Crippen molar-refractivity contribution in [2.45, 2.75) is 13.3 Å². The van der Waals surface area contributed by atoms with E-state index in [4.69, 9.17) is 11.6 Å². The van der Waals surface area contributed by atoms with Gasteiger partial charge in [-0.05, 0) is 25.1 Å². The number of hydrogen-bond donors (Lipinski definition) is 2. The third kappa shape index (κ3) is 3.78. The molecule has 2 aromatic rings. The van der Waals surface area contributed by atoms with E-state index in [1.54, 1.807) is 12.1 Å². The lowest BCUT2D eigenvalue weighted by atomic mass is 10.3. The normalized spacial score (nSPS) is 11.9. The lowest BCUT2D eigenvalue weighted by Crippen LogP contribution is -2.27. The number of sulfonamides is 1. The summed E-state index contributed by atoms with van der Waals surface area (Å²) < 4.78 is 34.7. The van der Waals surface area contributed by atoms with E-state index in [0.717, 1.165) is 24.7 Å². The highest BCUT2D eigenvalue weighted by atomic mass is 35.5. The number of nitrogens with one attached hydrogen (secondary N) is 2. The van der Waals surface area contributed by atoms with Crippen molar-refractivity contribution in [2.75, 3.05) is 23.6 Å². The Bertz CT molecular complexity index is 687. The lowest BCUT2D eigenvalue weighted by molar-refractivity contribution is 0.595. The van der Waals surface area contributed by atoms with Crippen LogP contribution in [0.1, 0.15) is 13.3 Å². The van der Waals surface area contributed by atoms with Crippen molar-refractivity contribution < 1.29 is 8.42 Å². The molecule has 0 unspecified atom stereocenters. The highest BCUT2D eigenvalue weighted by Crippen LogP contribution is 2.30. The van der Waals surface area contributed by atoms with Crippen LogP contribution in [0.4, 0.5) is 5.69 Å². The van der Waals surface area contributed by atoms with Crippen LogP contribution < -0.4 is 10.0 Å². The number of anilines is 1. The molecule has 0 saturated carbocycles. The van der Waals surface area contributed by atoms with Gasteiger partial charge in [0.25, 0.3) is 0 Å². The smallest absolute Gasteiger partial charge is 0.234 e. The zero-order valence-corrected chi connectivity index (χ0v) is 13.3. The van der Waals surface area contributed by atoms with Gasteiger partial charge in [-0.1, -0.05) is 18.5 Å². The Morgan fingerprint density at radius 3 is 2.85 bits per heavy atom. The van der Waals surface area contributed by atoms with Crippen LogP contribution in [0.25, 0.3) is 11.0 Å². The Labute approximate surface area is 126 Å². The minimum atomic E-state index is -3.47. The van der Waals surface area contributed by atoms with Gasteiger partial charge in [-0.3, -0.25) is 4.72 Å². The van der Waals surface area contributed by atoms with Crippen LogP contribution in [0.15, 0.2) is 12.1 Å². The van der Waals surface area contributed by atoms with Gasteiger partial charge in [0.1, 0.15) is 11.0 Å². The van der Waals surface area contributed by atoms with Gasteiger partial charge in [0.05, 0.1) is 28.2 Å². The zero-order valence-electron chi connectivity index (χ0n) is 10.9. The molecular weight excluding hydrogens is 320 g/mol. The highest BCUT2D eigenvalue weighted by Gasteiger charge is 2.16. The molecule has 0 bridgehead atoms. The van der Waals surface area contributed by atoms with E-state index >= 15 is 0 Å². The van der Waals surface area contributed by atoms with Gasteiger partial charge in [0.2, 0.25) is 10.0 Å². The van der Waals surface area contributed by atoms with E-state index in [0.29, 0.717) is 28.3 Å². The van der Waals surface area contributed by atoms with E-state index in [-0.39, 0.29) is 5.75 Å². The summed E-state index contributed by atoms with van der Waals surface area (Å²) >= 11 is 7.06. The van der Waals surface area contributed by atoms with E-state index < -0.39 is 10.0 Å². The van der Waals surface area contributed by atoms with Gasteiger partial charge < -0.3 is 5.32 Å². The molecule has 0 fully saturated rings. The maximum Gasteiger partial charge on any atom is 0.234 e. The summed E-state index contributed by atoms with van der Waals surface area (Å²) in [5.41, 5.74) is 1.40. The van der Waals surface area contributed by atoms with Crippen molar-refractivity contribution in [1.29, 1.82) is 0 Å². The molecule has 1 aromatic carbocycles. The Hall–Kier alpha value is -0.960. The molecule has 0 atom stereocenters. The van der Waals surface area contributed by atoms with Crippen molar-refractivity contribution in [1.82, 2.24) is 14.1 Å². The van der Waals surface area contributed by atoms with Crippen LogP contribution in [0.3, 0.4) is 0 Å². The van der Waals surface area contributed by atoms with Crippen LogP contribution in [0.5, 0.6) is 0 Å². The van der Waals surface area contributed by atoms with Gasteiger partial charge in [-0.25, -0.2) is 8.42 Å². The predicted octanol–water partition coefficient (Wildman–Crippen LogP) is 2.09. The second-order valence-corrected chi connectivity index (χ2v) is 7.00. The molecule has 0 amide bonds. The summed E-state index contributed by atoms with van der Waals surface area (Å²) in [5.74, 6) is -0.0166. The molecule has 1 aromatic heterocycles. The topological polar surface area (TPSA) is 84.0 Å². The number of hydrogen-bond acceptors (Lipinski definition) is 6. The molecule has 1 heterocycles. The Kier molecular flexibility index (Phi) is 5.14. The fourth-order valence-electron chi connectivity index (χ4n) is 1.64. The minimum Gasteiger partial charge on any atom is -0.316 e. The fourth-order valence-corrected chi connectivity index (χ4v) is 3.47. The summed E-state index contributed by atoms with van der Waals surface area (Å²) in [6.45, 7) is 3.21. The molecule has 0 aliphatic rings. The van der Waals surface area contributed by atoms with Crippen LogP contribution in [-0.4, -0.2) is 36.0 Å². The summed E-state index contributed by atoms with van der Waals surface area (Å²) in [7, 11) is -3.47. The average molecular weight is 335 g/mol. The lowest BCUT2D eigenvalue weighted by Gasteiger charge is -2.10. The molecule has 0 aliphatic carbocycles. The SMILES string of the molecule is CCCNCCS(=O)(=O)Nc1c(Cl)ccc2nsnc12. The molecule has 2 rings (SSSR count). The largest absolute Gasteiger partial charge is 0.316 e. The first-order valence-corrected chi connectivity index (χ1v) is 8.91. The summed E-state index contributed by atoms with van der Waals surface area (Å²) in [6.07, 6.45) is 0.961. The average Bonchev–Trinajstić information content (AvgIpc) is 2.87. The monoisotopic (exact) mass is 334 g/mol. The van der Waals surface area contributed by atoms with E-state index in [1.165, 1.54) is 0 Å². The Balaban J connectivity index is 2.14. The maximum absolute atomic E-state index is 12.0. The van der Waals surface area contributed by atoms with Crippen LogP contribution in [0, 0.1) is 0 Å². The van der Waals surface area contributed by atoms with Crippen molar-refractivity contribution in [3.05, 3.63) is 17.2 Å². The van der Waals surface area contributed by atoms with Crippen LogP contribution >= 0.6 is 23.3 Å². The molecular formula is C11H15ClN4O2S2. The number of aromatic nitrogens is 2. The van der Waals surface area contributed by atoms with Crippen molar-refractivity contribution in [2.24, 2.45) is 0 Å². The first-order chi connectivity index (χ1) is 9.53. The summed E-state index contributed by atoms with van der Waals surface area (Å²) in [5, 5.41) is 3.36. The molecule has 0 spiro atoms. The van der Waals surface area contributed by atoms with Gasteiger partial charge in [0.15, 0.2) is 0 Å². The first-order valence-electron chi connectivity index (χ1n) is 6.15. The molecule has 0 radical (unpaired) electrons. The maximum atomic E-state index is 12.0. The van der Waals surface area contributed by atoms with Crippen LogP contribution in [0.2, 0.25) is 5.02 Å². The summed E-state index contributed by atoms with van der Waals surface area (Å²) in [6, 6.07) is 3.32. The van der Waals surface area contributed by atoms with Gasteiger partial charge in [-0.2, -0.15) is 8.75 Å². The Morgan fingerprint density at radius 2 is 2.10 bits per heavy atom. The minimum absolute atomic E-state index is 0.0166. The Morgan fingerprint density at radius 1 is 1.30 bits per heavy atom. The van der Waals surface area contributed by atoms with Gasteiger partial charge in [-0.15, -0.1) is 0 Å². The number of rotatable bonds is 7.